The number of imidazole rings is 1. The van der Waals surface area contributed by atoms with Crippen LogP contribution in [0.1, 0.15) is 41.6 Å². The third-order valence-electron chi connectivity index (χ3n) is 3.22. The number of hydrogen-bond acceptors (Lipinski definition) is 7. The van der Waals surface area contributed by atoms with Gasteiger partial charge in [-0.2, -0.15) is 4.98 Å². The van der Waals surface area contributed by atoms with E-state index in [0.717, 1.165) is 0 Å². The van der Waals surface area contributed by atoms with Gasteiger partial charge in [-0.1, -0.05) is 19.0 Å². The standard InChI is InChI=1S/C15H16N4O4/c1-9(2)12-17-15(23-18-12)22-8-10-7-19-6-4-5-11(13(19)16-10)14(20)21-3/h4-7,9H,8H2,1-3H3. The highest BCUT2D eigenvalue weighted by molar-refractivity contribution is 5.95. The molecular formula is C15H16N4O4. The molecule has 120 valence electrons. The number of aromatic nitrogens is 4. The van der Waals surface area contributed by atoms with Crippen LogP contribution < -0.4 is 4.74 Å². The largest absolute Gasteiger partial charge is 0.465 e. The van der Waals surface area contributed by atoms with E-state index in [0.29, 0.717) is 22.7 Å². The molecule has 0 N–H and O–H groups in total. The van der Waals surface area contributed by atoms with E-state index in [1.54, 1.807) is 28.9 Å². The SMILES string of the molecule is COC(=O)c1cccn2cc(COc3nc(C(C)C)no3)nc12. The topological polar surface area (TPSA) is 91.8 Å². The number of fused-ring (bicyclic) bond motifs is 1. The normalized spacial score (nSPS) is 11.1. The van der Waals surface area contributed by atoms with E-state index in [-0.39, 0.29) is 18.6 Å². The molecule has 0 unspecified atom stereocenters. The van der Waals surface area contributed by atoms with E-state index in [1.165, 1.54) is 7.11 Å². The van der Waals surface area contributed by atoms with E-state index < -0.39 is 5.97 Å². The maximum atomic E-state index is 11.7. The van der Waals surface area contributed by atoms with Crippen molar-refractivity contribution in [3.63, 3.8) is 0 Å². The van der Waals surface area contributed by atoms with Crippen LogP contribution in [0.3, 0.4) is 0 Å². The van der Waals surface area contributed by atoms with Gasteiger partial charge >= 0.3 is 12.0 Å². The average Bonchev–Trinajstić information content (AvgIpc) is 3.18. The Hall–Kier alpha value is -2.90. The molecule has 3 aromatic heterocycles. The van der Waals surface area contributed by atoms with Crippen LogP contribution in [0.5, 0.6) is 6.08 Å². The Morgan fingerprint density at radius 1 is 1.39 bits per heavy atom. The van der Waals surface area contributed by atoms with Crippen LogP contribution in [0.25, 0.3) is 5.65 Å². The monoisotopic (exact) mass is 316 g/mol. The molecule has 0 saturated heterocycles. The number of nitrogens with zero attached hydrogens (tertiary/aromatic N) is 4. The molecule has 0 amide bonds. The first kappa shape index (κ1) is 15.0. The van der Waals surface area contributed by atoms with Gasteiger partial charge in [0, 0.05) is 18.3 Å². The van der Waals surface area contributed by atoms with Crippen LogP contribution in [0.2, 0.25) is 0 Å². The average molecular weight is 316 g/mol. The maximum Gasteiger partial charge on any atom is 0.417 e. The van der Waals surface area contributed by atoms with Crippen molar-refractivity contribution >= 4 is 11.6 Å². The lowest BCUT2D eigenvalue weighted by Gasteiger charge is -2.00. The predicted octanol–water partition coefficient (Wildman–Crippen LogP) is 2.21. The zero-order chi connectivity index (χ0) is 16.4. The van der Waals surface area contributed by atoms with Gasteiger partial charge in [0.1, 0.15) is 12.2 Å². The zero-order valence-electron chi connectivity index (χ0n) is 13.0. The first-order valence-electron chi connectivity index (χ1n) is 7.09. The molecule has 3 rings (SSSR count). The van der Waals surface area contributed by atoms with Crippen molar-refractivity contribution in [1.82, 2.24) is 19.5 Å². The Labute approximate surface area is 132 Å². The van der Waals surface area contributed by atoms with Gasteiger partial charge in [0.05, 0.1) is 12.8 Å². The van der Waals surface area contributed by atoms with Crippen molar-refractivity contribution < 1.29 is 18.8 Å². The van der Waals surface area contributed by atoms with Gasteiger partial charge in [0.2, 0.25) is 0 Å². The molecular weight excluding hydrogens is 300 g/mol. The van der Waals surface area contributed by atoms with Gasteiger partial charge in [-0.3, -0.25) is 4.52 Å². The highest BCUT2D eigenvalue weighted by Gasteiger charge is 2.15. The van der Waals surface area contributed by atoms with Gasteiger partial charge < -0.3 is 13.9 Å². The summed E-state index contributed by atoms with van der Waals surface area (Å²) in [5.41, 5.74) is 1.53. The number of ether oxygens (including phenoxy) is 2. The van der Waals surface area contributed by atoms with Gasteiger partial charge in [-0.05, 0) is 12.1 Å². The summed E-state index contributed by atoms with van der Waals surface area (Å²) in [6, 6.07) is 3.41. The molecule has 23 heavy (non-hydrogen) atoms. The fourth-order valence-electron chi connectivity index (χ4n) is 2.05. The number of rotatable bonds is 5. The summed E-state index contributed by atoms with van der Waals surface area (Å²) < 4.78 is 16.9. The minimum atomic E-state index is -0.438. The molecule has 0 radical (unpaired) electrons. The van der Waals surface area contributed by atoms with E-state index in [4.69, 9.17) is 14.0 Å². The Bertz CT molecular complexity index is 837. The second-order valence-electron chi connectivity index (χ2n) is 5.24. The molecule has 0 saturated carbocycles. The summed E-state index contributed by atoms with van der Waals surface area (Å²) in [4.78, 5) is 20.3. The second kappa shape index (κ2) is 6.07. The molecule has 8 heteroatoms. The highest BCUT2D eigenvalue weighted by Crippen LogP contribution is 2.16. The van der Waals surface area contributed by atoms with Crippen molar-refractivity contribution in [2.75, 3.05) is 7.11 Å². The summed E-state index contributed by atoms with van der Waals surface area (Å²) in [5, 5.41) is 3.82. The first-order valence-corrected chi connectivity index (χ1v) is 7.09. The van der Waals surface area contributed by atoms with Crippen molar-refractivity contribution in [3.8, 4) is 6.08 Å². The molecule has 0 aliphatic carbocycles. The first-order chi connectivity index (χ1) is 11.1. The number of methoxy groups -OCH3 is 1. The second-order valence-corrected chi connectivity index (χ2v) is 5.24. The Morgan fingerprint density at radius 2 is 2.22 bits per heavy atom. The third kappa shape index (κ3) is 3.01. The summed E-state index contributed by atoms with van der Waals surface area (Å²) in [7, 11) is 1.33. The molecule has 0 aromatic carbocycles. The lowest BCUT2D eigenvalue weighted by Crippen LogP contribution is -2.03. The van der Waals surface area contributed by atoms with Crippen molar-refractivity contribution in [1.29, 1.82) is 0 Å². The molecule has 8 nitrogen and oxygen atoms in total. The lowest BCUT2D eigenvalue weighted by atomic mass is 10.2. The molecule has 0 bridgehead atoms. The number of hydrogen-bond donors (Lipinski definition) is 0. The van der Waals surface area contributed by atoms with Crippen molar-refractivity contribution in [2.45, 2.75) is 26.4 Å². The zero-order valence-corrected chi connectivity index (χ0v) is 13.0. The van der Waals surface area contributed by atoms with Crippen LogP contribution in [-0.2, 0) is 11.3 Å². The molecule has 0 aliphatic heterocycles. The molecule has 3 aromatic rings. The molecule has 0 atom stereocenters. The Morgan fingerprint density at radius 3 is 2.91 bits per heavy atom. The van der Waals surface area contributed by atoms with Gasteiger partial charge in [-0.15, -0.1) is 0 Å². The van der Waals surface area contributed by atoms with Crippen molar-refractivity contribution in [3.05, 3.63) is 41.6 Å². The molecule has 0 spiro atoms. The molecule has 0 aliphatic rings. The van der Waals surface area contributed by atoms with Gasteiger partial charge in [0.25, 0.3) is 0 Å². The van der Waals surface area contributed by atoms with Crippen LogP contribution in [0, 0.1) is 0 Å². The van der Waals surface area contributed by atoms with Crippen molar-refractivity contribution in [2.24, 2.45) is 0 Å². The number of esters is 1. The minimum Gasteiger partial charge on any atom is -0.465 e. The maximum absolute atomic E-state index is 11.7. The summed E-state index contributed by atoms with van der Waals surface area (Å²) >= 11 is 0. The third-order valence-corrected chi connectivity index (χ3v) is 3.22. The van der Waals surface area contributed by atoms with Crippen LogP contribution >= 0.6 is 0 Å². The Balaban J connectivity index is 1.79. The Kier molecular flexibility index (Phi) is 3.96. The van der Waals surface area contributed by atoms with E-state index >= 15 is 0 Å². The molecule has 3 heterocycles. The number of carbonyl (C=O) groups is 1. The van der Waals surface area contributed by atoms with Gasteiger partial charge in [0.15, 0.2) is 11.5 Å². The van der Waals surface area contributed by atoms with Crippen LogP contribution in [0.15, 0.2) is 29.0 Å². The van der Waals surface area contributed by atoms with E-state index in [2.05, 4.69) is 15.1 Å². The number of carbonyl (C=O) groups excluding carboxylic acids is 1. The number of pyridine rings is 1. The quantitative estimate of drug-likeness (QED) is 0.666. The minimum absolute atomic E-state index is 0.0962. The highest BCUT2D eigenvalue weighted by atomic mass is 16.6. The smallest absolute Gasteiger partial charge is 0.417 e. The molecule has 0 fully saturated rings. The fraction of sp³-hybridized carbons (Fsp3) is 0.333. The summed E-state index contributed by atoms with van der Waals surface area (Å²) in [5.74, 6) is 0.309. The van der Waals surface area contributed by atoms with Crippen LogP contribution in [0.4, 0.5) is 0 Å². The predicted molar refractivity (Wildman–Crippen MR) is 79.3 cm³/mol. The van der Waals surface area contributed by atoms with E-state index in [1.807, 2.05) is 13.8 Å². The van der Waals surface area contributed by atoms with Gasteiger partial charge in [-0.25, -0.2) is 9.78 Å². The summed E-state index contributed by atoms with van der Waals surface area (Å²) in [6.07, 6.45) is 3.66. The fourth-order valence-corrected chi connectivity index (χ4v) is 2.05. The summed E-state index contributed by atoms with van der Waals surface area (Å²) in [6.45, 7) is 4.08. The van der Waals surface area contributed by atoms with E-state index in [9.17, 15) is 4.79 Å². The lowest BCUT2D eigenvalue weighted by molar-refractivity contribution is 0.0602. The van der Waals surface area contributed by atoms with Crippen LogP contribution in [-0.4, -0.2) is 32.6 Å².